The van der Waals surface area contributed by atoms with Crippen molar-refractivity contribution in [1.29, 1.82) is 0 Å². The summed E-state index contributed by atoms with van der Waals surface area (Å²) in [6.45, 7) is 5.13. The molecule has 0 radical (unpaired) electrons. The van der Waals surface area contributed by atoms with Crippen molar-refractivity contribution >= 4 is 75.9 Å². The predicted molar refractivity (Wildman–Crippen MR) is 202 cm³/mol. The Morgan fingerprint density at radius 1 is 0.489 bits per heavy atom. The third kappa shape index (κ3) is 3.52. The van der Waals surface area contributed by atoms with E-state index in [1.807, 2.05) is 0 Å². The molecule has 0 aliphatic carbocycles. The third-order valence-corrected chi connectivity index (χ3v) is 13.9. The fraction of sp³-hybridized carbons (Fsp3) is 0.0476. The molecule has 0 unspecified atom stereocenters. The van der Waals surface area contributed by atoms with Gasteiger partial charge in [-0.05, 0) is 76.3 Å². The van der Waals surface area contributed by atoms with Gasteiger partial charge in [-0.2, -0.15) is 0 Å². The summed E-state index contributed by atoms with van der Waals surface area (Å²) in [5.74, 6) is 0. The van der Waals surface area contributed by atoms with Crippen LogP contribution in [0.5, 0.6) is 0 Å². The highest BCUT2D eigenvalue weighted by molar-refractivity contribution is 7.05. The summed E-state index contributed by atoms with van der Waals surface area (Å²) in [5, 5.41) is 3.01. The maximum atomic E-state index is 2.69. The zero-order valence-corrected chi connectivity index (χ0v) is 27.4. The maximum Gasteiger partial charge on any atom is 0.273 e. The molecule has 10 rings (SSSR count). The summed E-state index contributed by atoms with van der Waals surface area (Å²) in [6.07, 6.45) is 0. The molecule has 4 heterocycles. The molecule has 0 atom stereocenters. The van der Waals surface area contributed by atoms with E-state index in [-0.39, 0.29) is 6.71 Å². The predicted octanol–water partition coefficient (Wildman–Crippen LogP) is 7.36. The molecule has 0 saturated carbocycles. The minimum atomic E-state index is -2.13. The Morgan fingerprint density at radius 3 is 1.72 bits per heavy atom. The van der Waals surface area contributed by atoms with Crippen LogP contribution in [0.1, 0.15) is 0 Å². The smallest absolute Gasteiger partial charge is 0.273 e. The van der Waals surface area contributed by atoms with Gasteiger partial charge in [0.1, 0.15) is 8.07 Å². The van der Waals surface area contributed by atoms with Crippen LogP contribution >= 0.6 is 0 Å². The third-order valence-electron chi connectivity index (χ3n) is 10.5. The van der Waals surface area contributed by atoms with Gasteiger partial charge in [0.15, 0.2) is 0 Å². The van der Waals surface area contributed by atoms with Gasteiger partial charge in [-0.3, -0.25) is 0 Å². The van der Waals surface area contributed by atoms with Crippen LogP contribution in [0.3, 0.4) is 0 Å². The fourth-order valence-corrected chi connectivity index (χ4v) is 12.0. The molecule has 0 fully saturated rings. The molecule has 0 saturated heterocycles. The summed E-state index contributed by atoms with van der Waals surface area (Å²) in [7, 11) is -2.13. The summed E-state index contributed by atoms with van der Waals surface area (Å²) >= 11 is 0. The van der Waals surface area contributed by atoms with Crippen LogP contribution in [0, 0.1) is 0 Å². The van der Waals surface area contributed by atoms with Gasteiger partial charge in [-0.25, -0.2) is 0 Å². The normalized spacial score (nSPS) is 14.6. The fourth-order valence-electron chi connectivity index (χ4n) is 8.69. The van der Waals surface area contributed by atoms with Gasteiger partial charge >= 0.3 is 0 Å². The van der Waals surface area contributed by atoms with Crippen molar-refractivity contribution in [3.8, 4) is 16.8 Å². The van der Waals surface area contributed by atoms with E-state index in [0.29, 0.717) is 0 Å². The molecule has 3 nitrogen and oxygen atoms in total. The molecule has 47 heavy (non-hydrogen) atoms. The Bertz CT molecular complexity index is 2350. The number of aromatic nitrogens is 1. The number of fused-ring (bicyclic) bond motifs is 8. The lowest BCUT2D eigenvalue weighted by atomic mass is 9.35. The Morgan fingerprint density at radius 2 is 1.02 bits per heavy atom. The van der Waals surface area contributed by atoms with Gasteiger partial charge in [-0.15, -0.1) is 0 Å². The molecular weight excluding hydrogens is 585 g/mol. The topological polar surface area (TPSA) is 11.4 Å². The van der Waals surface area contributed by atoms with Gasteiger partial charge in [0.25, 0.3) is 6.71 Å². The summed E-state index contributed by atoms with van der Waals surface area (Å²) in [4.78, 5) is 5.04. The second-order valence-corrected chi connectivity index (χ2v) is 17.6. The van der Waals surface area contributed by atoms with Gasteiger partial charge in [-0.1, -0.05) is 116 Å². The van der Waals surface area contributed by atoms with Crippen molar-refractivity contribution in [2.24, 2.45) is 0 Å². The molecule has 3 aliphatic rings. The molecule has 5 heteroatoms. The first-order valence-electron chi connectivity index (χ1n) is 16.5. The van der Waals surface area contributed by atoms with E-state index in [1.54, 1.807) is 0 Å². The van der Waals surface area contributed by atoms with E-state index in [9.17, 15) is 0 Å². The largest absolute Gasteiger partial charge is 0.327 e. The van der Waals surface area contributed by atoms with Crippen molar-refractivity contribution < 1.29 is 0 Å². The van der Waals surface area contributed by atoms with Crippen molar-refractivity contribution in [2.45, 2.75) is 13.1 Å². The molecule has 0 amide bonds. The minimum absolute atomic E-state index is 0.0510. The van der Waals surface area contributed by atoms with E-state index >= 15 is 0 Å². The van der Waals surface area contributed by atoms with E-state index in [0.717, 1.165) is 0 Å². The lowest BCUT2D eigenvalue weighted by molar-refractivity contribution is 1.14. The number of nitrogens with zero attached hydrogens (tertiary/aromatic N) is 3. The Labute approximate surface area is 277 Å². The van der Waals surface area contributed by atoms with E-state index in [2.05, 4.69) is 185 Å². The van der Waals surface area contributed by atoms with Crippen LogP contribution in [0.25, 0.3) is 16.8 Å². The molecule has 0 N–H and O–H groups in total. The highest BCUT2D eigenvalue weighted by atomic mass is 28.3. The van der Waals surface area contributed by atoms with Gasteiger partial charge < -0.3 is 14.4 Å². The summed E-state index contributed by atoms with van der Waals surface area (Å²) in [6, 6.07) is 58.1. The molecule has 6 aromatic carbocycles. The van der Waals surface area contributed by atoms with Crippen molar-refractivity contribution in [3.05, 3.63) is 158 Å². The molecule has 222 valence electrons. The first kappa shape index (κ1) is 26.7. The SMILES string of the molecule is C[Si]1(C)c2ccccc2-c2c3c(n(-c4ccccc4)c21)B1c2ccccc2N(c2ccccc2)c2cccc(c21)N3c1ccccc1. The number of para-hydroxylation sites is 4. The summed E-state index contributed by atoms with van der Waals surface area (Å²) < 4.78 is 2.69. The zero-order chi connectivity index (χ0) is 31.3. The molecule has 1 aromatic heterocycles. The van der Waals surface area contributed by atoms with E-state index in [4.69, 9.17) is 0 Å². The van der Waals surface area contributed by atoms with Gasteiger partial charge in [0.05, 0.1) is 5.69 Å². The first-order chi connectivity index (χ1) is 23.1. The van der Waals surface area contributed by atoms with Crippen LogP contribution < -0.4 is 36.8 Å². The van der Waals surface area contributed by atoms with Crippen molar-refractivity contribution in [3.63, 3.8) is 0 Å². The highest BCUT2D eigenvalue weighted by Crippen LogP contribution is 2.48. The highest BCUT2D eigenvalue weighted by Gasteiger charge is 2.52. The zero-order valence-electron chi connectivity index (χ0n) is 26.4. The van der Waals surface area contributed by atoms with Crippen molar-refractivity contribution in [2.75, 3.05) is 9.80 Å². The van der Waals surface area contributed by atoms with Crippen LogP contribution in [-0.4, -0.2) is 19.4 Å². The second kappa shape index (κ2) is 9.74. The number of hydrogen-bond donors (Lipinski definition) is 0. The summed E-state index contributed by atoms with van der Waals surface area (Å²) in [5.41, 5.74) is 15.5. The molecule has 7 aromatic rings. The number of hydrogen-bond acceptors (Lipinski definition) is 2. The molecule has 3 aliphatic heterocycles. The quantitative estimate of drug-likeness (QED) is 0.192. The maximum absolute atomic E-state index is 2.69. The Balaban J connectivity index is 1.41. The van der Waals surface area contributed by atoms with Gasteiger partial charge in [0, 0.05) is 50.6 Å². The van der Waals surface area contributed by atoms with Crippen LogP contribution in [0.4, 0.5) is 34.1 Å². The van der Waals surface area contributed by atoms with Crippen LogP contribution in [0.15, 0.2) is 158 Å². The monoisotopic (exact) mass is 617 g/mol. The van der Waals surface area contributed by atoms with Crippen LogP contribution in [-0.2, 0) is 0 Å². The molecule has 0 spiro atoms. The van der Waals surface area contributed by atoms with Gasteiger partial charge in [0.2, 0.25) is 0 Å². The molecule has 0 bridgehead atoms. The van der Waals surface area contributed by atoms with E-state index in [1.165, 1.54) is 78.0 Å². The number of rotatable bonds is 3. The average Bonchev–Trinajstić information content (AvgIpc) is 3.60. The number of benzene rings is 6. The lowest BCUT2D eigenvalue weighted by Crippen LogP contribution is -2.64. The first-order valence-corrected chi connectivity index (χ1v) is 19.5. The van der Waals surface area contributed by atoms with Crippen molar-refractivity contribution in [1.82, 2.24) is 4.57 Å². The van der Waals surface area contributed by atoms with Crippen LogP contribution in [0.2, 0.25) is 13.1 Å². The Hall–Kier alpha value is -5.52. The van der Waals surface area contributed by atoms with E-state index < -0.39 is 8.07 Å². The average molecular weight is 618 g/mol. The Kier molecular flexibility index (Phi) is 5.53. The lowest BCUT2D eigenvalue weighted by Gasteiger charge is -2.44. The standard InChI is InChI=1S/C42H32BN3Si/c1-47(2)37-28-15-12-23-32(37)38-40-41(46(42(38)47)31-21-10-5-11-22-31)43-33-24-13-14-25-34(33)44(29-17-6-3-7-18-29)35-26-16-27-36(39(35)43)45(40)30-19-8-4-9-20-30/h3-28H,1-2H3. The minimum Gasteiger partial charge on any atom is -0.327 e. The molecular formula is C42H32BN3Si. The number of anilines is 6. The second-order valence-electron chi connectivity index (χ2n) is 13.3.